The number of thiophene rings is 1. The molecule has 3 aromatic heterocycles. The molecule has 0 unspecified atom stereocenters. The highest BCUT2D eigenvalue weighted by Crippen LogP contribution is 2.40. The summed E-state index contributed by atoms with van der Waals surface area (Å²) in [6.45, 7) is 0.244. The van der Waals surface area contributed by atoms with E-state index < -0.39 is 40.3 Å². The van der Waals surface area contributed by atoms with E-state index in [1.807, 2.05) is 17.5 Å². The number of hydrogen-bond acceptors (Lipinski definition) is 14. The van der Waals surface area contributed by atoms with Crippen LogP contribution in [-0.2, 0) is 51.4 Å². The fourth-order valence-electron chi connectivity index (χ4n) is 4.52. The Hall–Kier alpha value is -3.58. The van der Waals surface area contributed by atoms with Crippen molar-refractivity contribution in [2.24, 2.45) is 4.36 Å². The first-order chi connectivity index (χ1) is 20.3. The number of nitrogens with zero attached hydrogens (tertiary/aromatic N) is 6. The van der Waals surface area contributed by atoms with Crippen molar-refractivity contribution >= 4 is 68.7 Å². The Kier molecular flexibility index (Phi) is 9.37. The van der Waals surface area contributed by atoms with Crippen LogP contribution in [0.3, 0.4) is 0 Å². The normalized spacial score (nSPS) is 19.9. The highest BCUT2D eigenvalue weighted by atomic mass is 32.2. The molecule has 0 radical (unpaired) electrons. The molecule has 0 spiro atoms. The Morgan fingerprint density at radius 2 is 2.19 bits per heavy atom. The predicted molar refractivity (Wildman–Crippen MR) is 154 cm³/mol. The maximum absolute atomic E-state index is 12.8. The number of imidazole rings is 1. The Morgan fingerprint density at radius 1 is 1.36 bits per heavy atom. The van der Waals surface area contributed by atoms with Gasteiger partial charge in [-0.25, -0.2) is 19.7 Å². The lowest BCUT2D eigenvalue weighted by atomic mass is 10.0. The average molecular weight is 636 g/mol. The van der Waals surface area contributed by atoms with Crippen LogP contribution in [0.2, 0.25) is 0 Å². The van der Waals surface area contributed by atoms with E-state index in [9.17, 15) is 23.7 Å². The molecule has 0 aliphatic carbocycles. The molecule has 42 heavy (non-hydrogen) atoms. The first-order valence-corrected chi connectivity index (χ1v) is 15.6. The summed E-state index contributed by atoms with van der Waals surface area (Å²) in [5, 5.41) is 13.9. The molecule has 224 valence electrons. The Labute approximate surface area is 249 Å². The van der Waals surface area contributed by atoms with Crippen LogP contribution >= 0.6 is 23.1 Å². The van der Waals surface area contributed by atoms with E-state index in [0.29, 0.717) is 29.7 Å². The summed E-state index contributed by atoms with van der Waals surface area (Å²) in [6, 6.07) is 2.85. The van der Waals surface area contributed by atoms with Crippen LogP contribution in [0.25, 0.3) is 11.2 Å². The second-order valence-corrected chi connectivity index (χ2v) is 12.3. The Morgan fingerprint density at radius 3 is 2.93 bits per heavy atom. The molecular weight excluding hydrogens is 609 g/mol. The minimum atomic E-state index is -2.09. The van der Waals surface area contributed by atoms with Gasteiger partial charge in [-0.3, -0.25) is 14.5 Å². The molecule has 18 heteroatoms. The van der Waals surface area contributed by atoms with Crippen molar-refractivity contribution in [1.29, 1.82) is 0 Å². The average Bonchev–Trinajstić information content (AvgIpc) is 3.65. The van der Waals surface area contributed by atoms with E-state index in [-0.39, 0.29) is 42.7 Å². The van der Waals surface area contributed by atoms with Gasteiger partial charge in [0.25, 0.3) is 5.91 Å². The van der Waals surface area contributed by atoms with Gasteiger partial charge >= 0.3 is 5.97 Å². The topological polar surface area (TPSA) is 204 Å². The minimum absolute atomic E-state index is 0.0323. The summed E-state index contributed by atoms with van der Waals surface area (Å²) in [4.78, 5) is 51.6. The quantitative estimate of drug-likeness (QED) is 0.177. The number of rotatable bonds is 13. The van der Waals surface area contributed by atoms with Gasteiger partial charge in [-0.15, -0.1) is 23.1 Å². The molecule has 5 heterocycles. The maximum atomic E-state index is 12.8. The van der Waals surface area contributed by atoms with Crippen molar-refractivity contribution in [3.63, 3.8) is 0 Å². The summed E-state index contributed by atoms with van der Waals surface area (Å²) in [6.07, 6.45) is 3.16. The largest absolute Gasteiger partial charge is 0.477 e. The number of carbonyl (C=O) groups is 3. The SMILES string of the molecule is CO[C@@H](CCn1cnc2c(N)ncnc21)CO[S-](=O)=NCC1=C(C(=O)O)N2C(=O)[C@@H](NC(=O)Cc3cccs3)[C@H]2SC1. The number of nitrogen functional groups attached to an aromatic ring is 1. The van der Waals surface area contributed by atoms with Crippen LogP contribution < -0.4 is 11.1 Å². The third kappa shape index (κ3) is 6.41. The number of ether oxygens (including phenoxy) is 1. The predicted octanol–water partition coefficient (Wildman–Crippen LogP) is 0.935. The zero-order valence-corrected chi connectivity index (χ0v) is 24.7. The second-order valence-electron chi connectivity index (χ2n) is 9.27. The van der Waals surface area contributed by atoms with Crippen molar-refractivity contribution in [2.45, 2.75) is 36.9 Å². The maximum Gasteiger partial charge on any atom is 0.352 e. The number of aryl methyl sites for hydroxylation is 1. The third-order valence-corrected chi connectivity index (χ3v) is 9.55. The number of anilines is 1. The second kappa shape index (κ2) is 13.2. The molecule has 2 amide bonds. The van der Waals surface area contributed by atoms with E-state index in [2.05, 4.69) is 24.6 Å². The highest BCUT2D eigenvalue weighted by Gasteiger charge is 2.54. The number of methoxy groups -OCH3 is 1. The lowest BCUT2D eigenvalue weighted by Gasteiger charge is -2.49. The number of β-lactam (4-membered cyclic amide) rings is 1. The number of nitrogens with one attached hydrogen (secondary N) is 1. The van der Waals surface area contributed by atoms with Crippen LogP contribution in [0.4, 0.5) is 5.82 Å². The number of carboxylic acid groups (broad SMARTS) is 1. The van der Waals surface area contributed by atoms with Crippen molar-refractivity contribution in [3.05, 3.63) is 46.3 Å². The fraction of sp³-hybridized carbons (Fsp3) is 0.417. The molecule has 0 bridgehead atoms. The van der Waals surface area contributed by atoms with Crippen molar-refractivity contribution in [2.75, 3.05) is 31.7 Å². The summed E-state index contributed by atoms with van der Waals surface area (Å²) in [5.41, 5.74) is 7.02. The molecule has 5 rings (SSSR count). The first-order valence-electron chi connectivity index (χ1n) is 12.6. The molecule has 1 saturated heterocycles. The van der Waals surface area contributed by atoms with Crippen molar-refractivity contribution in [3.8, 4) is 0 Å². The van der Waals surface area contributed by atoms with Gasteiger partial charge in [-0.2, -0.15) is 0 Å². The lowest BCUT2D eigenvalue weighted by molar-refractivity contribution is -0.150. The van der Waals surface area contributed by atoms with E-state index in [4.69, 9.17) is 14.7 Å². The van der Waals surface area contributed by atoms with Gasteiger partial charge in [-0.1, -0.05) is 16.9 Å². The van der Waals surface area contributed by atoms with Gasteiger partial charge in [-0.05, 0) is 23.4 Å². The van der Waals surface area contributed by atoms with Crippen LogP contribution in [0.15, 0.2) is 45.8 Å². The molecule has 3 atom stereocenters. The number of thioether (sulfide) groups is 1. The number of carbonyl (C=O) groups excluding carboxylic acids is 2. The highest BCUT2D eigenvalue weighted by molar-refractivity contribution is 8.00. The summed E-state index contributed by atoms with van der Waals surface area (Å²) in [5.74, 6) is -1.60. The van der Waals surface area contributed by atoms with Crippen LogP contribution in [-0.4, -0.2) is 90.8 Å². The molecule has 3 aromatic rings. The zero-order valence-electron chi connectivity index (χ0n) is 22.2. The number of aromatic nitrogens is 4. The van der Waals surface area contributed by atoms with Gasteiger partial charge in [0.2, 0.25) is 5.91 Å². The van der Waals surface area contributed by atoms with Crippen LogP contribution in [0.1, 0.15) is 11.3 Å². The van der Waals surface area contributed by atoms with Gasteiger partial charge < -0.3 is 38.2 Å². The van der Waals surface area contributed by atoms with Gasteiger partial charge in [0.05, 0.1) is 25.5 Å². The summed E-state index contributed by atoms with van der Waals surface area (Å²) < 4.78 is 29.0. The lowest BCUT2D eigenvalue weighted by Crippen LogP contribution is -2.70. The smallest absolute Gasteiger partial charge is 0.352 e. The zero-order chi connectivity index (χ0) is 29.8. The molecule has 0 aromatic carbocycles. The number of fused-ring (bicyclic) bond motifs is 2. The van der Waals surface area contributed by atoms with Gasteiger partial charge in [0.1, 0.15) is 29.0 Å². The minimum Gasteiger partial charge on any atom is -0.477 e. The monoisotopic (exact) mass is 635 g/mol. The molecular formula is C24H27N8O7S3-. The van der Waals surface area contributed by atoms with Crippen LogP contribution in [0.5, 0.6) is 0 Å². The first kappa shape index (κ1) is 29.9. The number of nitrogens with two attached hydrogens (primary N) is 1. The third-order valence-electron chi connectivity index (χ3n) is 6.65. The Balaban J connectivity index is 1.15. The van der Waals surface area contributed by atoms with Gasteiger partial charge in [0.15, 0.2) is 11.5 Å². The standard InChI is InChI=1S/C24H27N8O7S3/c1-38-14(4-5-31-12-28-17-20(25)26-11-27-21(17)31)9-39-42(37)29-8-13-10-41-23-18(22(34)32(23)19(13)24(35)36)30-16(33)7-15-3-2-6-40-15/h2-3,6,11-12,14,18,23H,4-5,7-10H2,1H3,(H,30,33)(H,35,36)(H2,25,26,27)/q-1/t14-,18+,23+/m0/s1. The van der Waals surface area contributed by atoms with Crippen molar-refractivity contribution < 1.29 is 32.6 Å². The number of hydrogen-bond donors (Lipinski definition) is 3. The van der Waals surface area contributed by atoms with E-state index in [1.165, 1.54) is 36.5 Å². The molecule has 0 saturated carbocycles. The molecule has 2 aliphatic rings. The Bertz CT molecular complexity index is 1600. The molecule has 1 fully saturated rings. The van der Waals surface area contributed by atoms with E-state index in [1.54, 1.807) is 10.9 Å². The summed E-state index contributed by atoms with van der Waals surface area (Å²) >= 11 is 2.75. The molecule has 4 N–H and O–H groups in total. The number of aliphatic carboxylic acids is 1. The van der Waals surface area contributed by atoms with Gasteiger partial charge in [0, 0.05) is 30.8 Å². The summed E-state index contributed by atoms with van der Waals surface area (Å²) in [7, 11) is -0.585. The molecule has 2 aliphatic heterocycles. The fourth-order valence-corrected chi connectivity index (χ4v) is 7.16. The van der Waals surface area contributed by atoms with E-state index in [0.717, 1.165) is 9.78 Å². The molecule has 15 nitrogen and oxygen atoms in total. The number of amides is 2. The number of carboxylic acids is 1. The van der Waals surface area contributed by atoms with Crippen molar-refractivity contribution in [1.82, 2.24) is 29.7 Å². The van der Waals surface area contributed by atoms with E-state index >= 15 is 0 Å². The van der Waals surface area contributed by atoms with Crippen LogP contribution in [0, 0.1) is 0 Å².